The van der Waals surface area contributed by atoms with Gasteiger partial charge in [0.1, 0.15) is 0 Å². The predicted molar refractivity (Wildman–Crippen MR) is 81.2 cm³/mol. The van der Waals surface area contributed by atoms with E-state index in [9.17, 15) is 9.59 Å². The van der Waals surface area contributed by atoms with Gasteiger partial charge in [-0.15, -0.1) is 0 Å². The molecule has 21 heavy (non-hydrogen) atoms. The van der Waals surface area contributed by atoms with E-state index < -0.39 is 5.97 Å². The van der Waals surface area contributed by atoms with Gasteiger partial charge in [0, 0.05) is 20.1 Å². The number of hydrogen-bond donors (Lipinski definition) is 2. The predicted octanol–water partition coefficient (Wildman–Crippen LogP) is 1.89. The van der Waals surface area contributed by atoms with Crippen molar-refractivity contribution in [2.75, 3.05) is 24.3 Å². The molecular formula is C15H22N2O4. The van der Waals surface area contributed by atoms with Crippen molar-refractivity contribution in [2.45, 2.75) is 32.3 Å². The van der Waals surface area contributed by atoms with Gasteiger partial charge in [-0.1, -0.05) is 12.1 Å². The molecule has 0 fully saturated rings. The van der Waals surface area contributed by atoms with Crippen LogP contribution in [0.2, 0.25) is 0 Å². The molecule has 0 aromatic heterocycles. The molecule has 6 heteroatoms. The molecule has 1 aromatic rings. The molecular weight excluding hydrogens is 272 g/mol. The average molecular weight is 294 g/mol. The van der Waals surface area contributed by atoms with Crippen LogP contribution in [0.3, 0.4) is 0 Å². The molecule has 6 nitrogen and oxygen atoms in total. The number of para-hydroxylation sites is 2. The van der Waals surface area contributed by atoms with Crippen molar-refractivity contribution in [3.8, 4) is 0 Å². The highest BCUT2D eigenvalue weighted by Gasteiger charge is 2.19. The zero-order valence-corrected chi connectivity index (χ0v) is 12.4. The van der Waals surface area contributed by atoms with Gasteiger partial charge < -0.3 is 20.5 Å². The van der Waals surface area contributed by atoms with Gasteiger partial charge in [-0.05, 0) is 25.5 Å². The van der Waals surface area contributed by atoms with E-state index in [1.165, 1.54) is 4.90 Å². The number of nitrogens with two attached hydrogens (primary N) is 1. The van der Waals surface area contributed by atoms with Crippen LogP contribution in [0.25, 0.3) is 0 Å². The number of nitrogen functional groups attached to an aromatic ring is 1. The van der Waals surface area contributed by atoms with Crippen LogP contribution in [0, 0.1) is 0 Å². The van der Waals surface area contributed by atoms with Crippen molar-refractivity contribution >= 4 is 23.3 Å². The number of methoxy groups -OCH3 is 1. The summed E-state index contributed by atoms with van der Waals surface area (Å²) in [5.41, 5.74) is 6.89. The van der Waals surface area contributed by atoms with Crippen LogP contribution < -0.4 is 10.6 Å². The maximum absolute atomic E-state index is 12.4. The summed E-state index contributed by atoms with van der Waals surface area (Å²) in [6.07, 6.45) is 0.706. The van der Waals surface area contributed by atoms with Gasteiger partial charge in [-0.25, -0.2) is 0 Å². The fourth-order valence-electron chi connectivity index (χ4n) is 1.90. The SMILES string of the molecule is COC(C)CCC(=O)N(CCC(=O)O)c1ccccc1N. The second kappa shape index (κ2) is 8.26. The van der Waals surface area contributed by atoms with E-state index in [1.54, 1.807) is 31.4 Å². The molecule has 0 radical (unpaired) electrons. The summed E-state index contributed by atoms with van der Waals surface area (Å²) >= 11 is 0. The van der Waals surface area contributed by atoms with Gasteiger partial charge in [0.05, 0.1) is 23.9 Å². The monoisotopic (exact) mass is 294 g/mol. The number of aliphatic carboxylic acids is 1. The topological polar surface area (TPSA) is 92.9 Å². The fraction of sp³-hybridized carbons (Fsp3) is 0.467. The van der Waals surface area contributed by atoms with Gasteiger partial charge in [-0.2, -0.15) is 0 Å². The summed E-state index contributed by atoms with van der Waals surface area (Å²) in [5, 5.41) is 8.83. The van der Waals surface area contributed by atoms with Gasteiger partial charge in [0.15, 0.2) is 0 Å². The van der Waals surface area contributed by atoms with Crippen molar-refractivity contribution in [1.29, 1.82) is 0 Å². The van der Waals surface area contributed by atoms with E-state index in [4.69, 9.17) is 15.6 Å². The van der Waals surface area contributed by atoms with E-state index in [1.807, 2.05) is 6.92 Å². The highest BCUT2D eigenvalue weighted by Crippen LogP contribution is 2.24. The highest BCUT2D eigenvalue weighted by molar-refractivity contribution is 5.96. The normalized spacial score (nSPS) is 11.9. The smallest absolute Gasteiger partial charge is 0.305 e. The molecule has 0 aliphatic rings. The van der Waals surface area contributed by atoms with Crippen LogP contribution in [0.15, 0.2) is 24.3 Å². The molecule has 0 spiro atoms. The number of amides is 1. The molecule has 116 valence electrons. The van der Waals surface area contributed by atoms with E-state index in [0.717, 1.165) is 0 Å². The number of carboxylic acids is 1. The first kappa shape index (κ1) is 17.0. The van der Waals surface area contributed by atoms with Crippen molar-refractivity contribution in [3.63, 3.8) is 0 Å². The Hall–Kier alpha value is -2.08. The lowest BCUT2D eigenvalue weighted by atomic mass is 10.1. The molecule has 1 atom stereocenters. The van der Waals surface area contributed by atoms with Crippen LogP contribution in [0.1, 0.15) is 26.2 Å². The molecule has 0 bridgehead atoms. The fourth-order valence-corrected chi connectivity index (χ4v) is 1.90. The molecule has 1 amide bonds. The highest BCUT2D eigenvalue weighted by atomic mass is 16.5. The minimum Gasteiger partial charge on any atom is -0.481 e. The zero-order valence-electron chi connectivity index (χ0n) is 12.4. The summed E-state index contributed by atoms with van der Waals surface area (Å²) in [5.74, 6) is -1.11. The van der Waals surface area contributed by atoms with Crippen LogP contribution in [0.4, 0.5) is 11.4 Å². The molecule has 0 heterocycles. The largest absolute Gasteiger partial charge is 0.481 e. The van der Waals surface area contributed by atoms with Crippen molar-refractivity contribution in [1.82, 2.24) is 0 Å². The quantitative estimate of drug-likeness (QED) is 0.714. The maximum Gasteiger partial charge on any atom is 0.305 e. The zero-order chi connectivity index (χ0) is 15.8. The number of hydrogen-bond acceptors (Lipinski definition) is 4. The Morgan fingerprint density at radius 1 is 1.33 bits per heavy atom. The van der Waals surface area contributed by atoms with Crippen LogP contribution >= 0.6 is 0 Å². The second-order valence-electron chi connectivity index (χ2n) is 4.83. The molecule has 1 unspecified atom stereocenters. The first-order chi connectivity index (χ1) is 9.95. The maximum atomic E-state index is 12.4. The summed E-state index contributed by atoms with van der Waals surface area (Å²) in [6.45, 7) is 1.98. The van der Waals surface area contributed by atoms with E-state index in [-0.39, 0.29) is 31.4 Å². The number of carbonyl (C=O) groups excluding carboxylic acids is 1. The minimum atomic E-state index is -0.951. The number of benzene rings is 1. The second-order valence-corrected chi connectivity index (χ2v) is 4.83. The first-order valence-corrected chi connectivity index (χ1v) is 6.85. The number of carbonyl (C=O) groups is 2. The van der Waals surface area contributed by atoms with Gasteiger partial charge in [-0.3, -0.25) is 9.59 Å². The van der Waals surface area contributed by atoms with Gasteiger partial charge in [0.2, 0.25) is 5.91 Å². The third-order valence-electron chi connectivity index (χ3n) is 3.24. The Morgan fingerprint density at radius 3 is 2.57 bits per heavy atom. The molecule has 0 aliphatic heterocycles. The van der Waals surface area contributed by atoms with Gasteiger partial charge in [0.25, 0.3) is 0 Å². The summed E-state index contributed by atoms with van der Waals surface area (Å²) in [4.78, 5) is 24.6. The lowest BCUT2D eigenvalue weighted by Gasteiger charge is -2.24. The lowest BCUT2D eigenvalue weighted by molar-refractivity contribution is -0.136. The molecule has 3 N–H and O–H groups in total. The number of anilines is 2. The Balaban J connectivity index is 2.84. The third kappa shape index (κ3) is 5.43. The molecule has 0 saturated heterocycles. The standard InChI is InChI=1S/C15H22N2O4/c1-11(21-2)7-8-14(18)17(10-9-15(19)20)13-6-4-3-5-12(13)16/h3-6,11H,7-10,16H2,1-2H3,(H,19,20). The van der Waals surface area contributed by atoms with Crippen LogP contribution in [0.5, 0.6) is 0 Å². The molecule has 1 aromatic carbocycles. The minimum absolute atomic E-state index is 0.0246. The number of nitrogens with zero attached hydrogens (tertiary/aromatic N) is 1. The van der Waals surface area contributed by atoms with Gasteiger partial charge >= 0.3 is 5.97 Å². The number of carboxylic acid groups (broad SMARTS) is 1. The first-order valence-electron chi connectivity index (χ1n) is 6.85. The Kier molecular flexibility index (Phi) is 6.68. The average Bonchev–Trinajstić information content (AvgIpc) is 2.46. The van der Waals surface area contributed by atoms with Crippen LogP contribution in [-0.4, -0.2) is 36.7 Å². The molecule has 0 aliphatic carbocycles. The Morgan fingerprint density at radius 2 is 2.00 bits per heavy atom. The van der Waals surface area contributed by atoms with E-state index >= 15 is 0 Å². The Bertz CT molecular complexity index is 490. The molecule has 0 saturated carbocycles. The summed E-state index contributed by atoms with van der Waals surface area (Å²) in [6, 6.07) is 6.94. The molecule has 1 rings (SSSR count). The van der Waals surface area contributed by atoms with Crippen LogP contribution in [-0.2, 0) is 14.3 Å². The van der Waals surface area contributed by atoms with Crippen molar-refractivity contribution in [2.24, 2.45) is 0 Å². The third-order valence-corrected chi connectivity index (χ3v) is 3.24. The van der Waals surface area contributed by atoms with Crippen molar-refractivity contribution in [3.05, 3.63) is 24.3 Å². The van der Waals surface area contributed by atoms with E-state index in [2.05, 4.69) is 0 Å². The Labute approximate surface area is 124 Å². The van der Waals surface area contributed by atoms with Crippen molar-refractivity contribution < 1.29 is 19.4 Å². The number of ether oxygens (including phenoxy) is 1. The summed E-state index contributed by atoms with van der Waals surface area (Å²) in [7, 11) is 1.59. The lowest BCUT2D eigenvalue weighted by Crippen LogP contribution is -2.34. The van der Waals surface area contributed by atoms with E-state index in [0.29, 0.717) is 17.8 Å². The summed E-state index contributed by atoms with van der Waals surface area (Å²) < 4.78 is 5.12. The number of rotatable bonds is 8.